The number of aromatic nitrogens is 4. The molecular weight excluding hydrogens is 230 g/mol. The van der Waals surface area contributed by atoms with Crippen LogP contribution in [0.5, 0.6) is 0 Å². The van der Waals surface area contributed by atoms with Crippen LogP contribution in [0.25, 0.3) is 0 Å². The molecule has 1 atom stereocenters. The molecule has 0 aromatic carbocycles. The van der Waals surface area contributed by atoms with Crippen molar-refractivity contribution in [1.29, 1.82) is 0 Å². The van der Waals surface area contributed by atoms with Crippen molar-refractivity contribution < 1.29 is 4.52 Å². The summed E-state index contributed by atoms with van der Waals surface area (Å²) in [5.74, 6) is 0.691. The highest BCUT2D eigenvalue weighted by Gasteiger charge is 2.15. The molecule has 96 valence electrons. The molecule has 3 heterocycles. The summed E-state index contributed by atoms with van der Waals surface area (Å²) >= 11 is 0. The molecule has 1 unspecified atom stereocenters. The predicted octanol–water partition coefficient (Wildman–Crippen LogP) is 0.856. The van der Waals surface area contributed by atoms with E-state index in [0.29, 0.717) is 12.5 Å². The normalized spacial score (nSPS) is 20.1. The Morgan fingerprint density at radius 2 is 2.44 bits per heavy atom. The predicted molar refractivity (Wildman–Crippen MR) is 64.9 cm³/mol. The lowest BCUT2D eigenvalue weighted by molar-refractivity contribution is 0.373. The summed E-state index contributed by atoms with van der Waals surface area (Å²) < 4.78 is 6.60. The zero-order valence-corrected chi connectivity index (χ0v) is 10.2. The Labute approximate surface area is 105 Å². The van der Waals surface area contributed by atoms with Crippen LogP contribution in [0.4, 0.5) is 0 Å². The van der Waals surface area contributed by atoms with E-state index in [1.54, 1.807) is 6.26 Å². The van der Waals surface area contributed by atoms with Gasteiger partial charge in [-0.3, -0.25) is 0 Å². The van der Waals surface area contributed by atoms with Crippen molar-refractivity contribution in [3.63, 3.8) is 0 Å². The van der Waals surface area contributed by atoms with Crippen LogP contribution in [0, 0.1) is 5.92 Å². The number of nitrogens with zero attached hydrogens (tertiary/aromatic N) is 4. The maximum Gasteiger partial charge on any atom is 0.124 e. The van der Waals surface area contributed by atoms with E-state index in [9.17, 15) is 0 Å². The third-order valence-electron chi connectivity index (χ3n) is 3.30. The van der Waals surface area contributed by atoms with E-state index in [1.165, 1.54) is 12.8 Å². The Morgan fingerprint density at radius 1 is 1.44 bits per heavy atom. The molecule has 1 N–H and O–H groups in total. The Bertz CT molecular complexity index is 472. The van der Waals surface area contributed by atoms with Crippen LogP contribution in [0.2, 0.25) is 0 Å². The van der Waals surface area contributed by atoms with E-state index in [-0.39, 0.29) is 0 Å². The molecule has 6 heteroatoms. The van der Waals surface area contributed by atoms with Gasteiger partial charge in [0.15, 0.2) is 0 Å². The summed E-state index contributed by atoms with van der Waals surface area (Å²) in [5, 5.41) is 15.6. The molecule has 2 aromatic heterocycles. The van der Waals surface area contributed by atoms with Crippen molar-refractivity contribution in [2.24, 2.45) is 5.92 Å². The summed E-state index contributed by atoms with van der Waals surface area (Å²) in [4.78, 5) is 0. The third-order valence-corrected chi connectivity index (χ3v) is 3.30. The van der Waals surface area contributed by atoms with E-state index in [1.807, 2.05) is 16.9 Å². The van der Waals surface area contributed by atoms with Crippen molar-refractivity contribution in [2.75, 3.05) is 13.1 Å². The number of hydrogen-bond acceptors (Lipinski definition) is 5. The first kappa shape index (κ1) is 11.4. The molecule has 1 aliphatic heterocycles. The molecule has 3 rings (SSSR count). The molecule has 1 aliphatic rings. The molecule has 6 nitrogen and oxygen atoms in total. The quantitative estimate of drug-likeness (QED) is 0.867. The fourth-order valence-electron chi connectivity index (χ4n) is 2.39. The van der Waals surface area contributed by atoms with Gasteiger partial charge in [0.2, 0.25) is 0 Å². The fourth-order valence-corrected chi connectivity index (χ4v) is 2.39. The van der Waals surface area contributed by atoms with Crippen molar-refractivity contribution in [3.05, 3.63) is 29.9 Å². The first-order chi connectivity index (χ1) is 8.90. The second-order valence-electron chi connectivity index (χ2n) is 4.81. The van der Waals surface area contributed by atoms with Crippen molar-refractivity contribution in [1.82, 2.24) is 25.5 Å². The number of piperidine rings is 1. The maximum atomic E-state index is 4.80. The van der Waals surface area contributed by atoms with Gasteiger partial charge in [0.05, 0.1) is 12.2 Å². The third kappa shape index (κ3) is 2.76. The van der Waals surface area contributed by atoms with Crippen LogP contribution in [0.1, 0.15) is 24.2 Å². The number of rotatable bonds is 4. The Hall–Kier alpha value is -1.69. The summed E-state index contributed by atoms with van der Waals surface area (Å²) in [6.07, 6.45) is 7.12. The zero-order chi connectivity index (χ0) is 12.2. The minimum atomic E-state index is 0.617. The molecule has 0 bridgehead atoms. The monoisotopic (exact) mass is 247 g/mol. The topological polar surface area (TPSA) is 68.8 Å². The first-order valence-electron chi connectivity index (χ1n) is 6.39. The molecule has 0 amide bonds. The molecule has 1 fully saturated rings. The Morgan fingerprint density at radius 3 is 3.22 bits per heavy atom. The number of nitrogens with one attached hydrogen (secondary N) is 1. The SMILES string of the molecule is c1cc(Cn2cc(CC3CCCNC3)nn2)no1. The molecule has 2 aromatic rings. The average molecular weight is 247 g/mol. The molecule has 0 aliphatic carbocycles. The minimum Gasteiger partial charge on any atom is -0.364 e. The van der Waals surface area contributed by atoms with Crippen LogP contribution < -0.4 is 5.32 Å². The van der Waals surface area contributed by atoms with E-state index < -0.39 is 0 Å². The van der Waals surface area contributed by atoms with Crippen LogP contribution in [0.15, 0.2) is 23.0 Å². The van der Waals surface area contributed by atoms with Gasteiger partial charge in [-0.05, 0) is 38.3 Å². The van der Waals surface area contributed by atoms with Gasteiger partial charge in [-0.15, -0.1) is 5.10 Å². The zero-order valence-electron chi connectivity index (χ0n) is 10.2. The van der Waals surface area contributed by atoms with Crippen molar-refractivity contribution in [2.45, 2.75) is 25.8 Å². The lowest BCUT2D eigenvalue weighted by Gasteiger charge is -2.21. The highest BCUT2D eigenvalue weighted by atomic mass is 16.5. The van der Waals surface area contributed by atoms with E-state index in [4.69, 9.17) is 4.52 Å². The van der Waals surface area contributed by atoms with E-state index >= 15 is 0 Å². The van der Waals surface area contributed by atoms with Gasteiger partial charge < -0.3 is 9.84 Å². The Balaban J connectivity index is 1.59. The van der Waals surface area contributed by atoms with Crippen LogP contribution in [-0.4, -0.2) is 33.2 Å². The lowest BCUT2D eigenvalue weighted by Crippen LogP contribution is -2.30. The van der Waals surface area contributed by atoms with Gasteiger partial charge >= 0.3 is 0 Å². The van der Waals surface area contributed by atoms with Gasteiger partial charge in [0, 0.05) is 12.3 Å². The molecular formula is C12H17N5O. The van der Waals surface area contributed by atoms with E-state index in [2.05, 4.69) is 20.8 Å². The summed E-state index contributed by atoms with van der Waals surface area (Å²) in [6, 6.07) is 1.84. The van der Waals surface area contributed by atoms with Gasteiger partial charge in [-0.2, -0.15) is 0 Å². The molecule has 1 saturated heterocycles. The number of hydrogen-bond donors (Lipinski definition) is 1. The molecule has 18 heavy (non-hydrogen) atoms. The summed E-state index contributed by atoms with van der Waals surface area (Å²) in [6.45, 7) is 2.86. The Kier molecular flexibility index (Phi) is 3.36. The van der Waals surface area contributed by atoms with Gasteiger partial charge in [-0.1, -0.05) is 10.4 Å². The van der Waals surface area contributed by atoms with Gasteiger partial charge in [0.1, 0.15) is 12.0 Å². The van der Waals surface area contributed by atoms with Crippen LogP contribution in [-0.2, 0) is 13.0 Å². The summed E-state index contributed by atoms with van der Waals surface area (Å²) in [5.41, 5.74) is 1.93. The van der Waals surface area contributed by atoms with Gasteiger partial charge in [-0.25, -0.2) is 4.68 Å². The highest BCUT2D eigenvalue weighted by molar-refractivity contribution is 4.99. The van der Waals surface area contributed by atoms with Crippen LogP contribution in [0.3, 0.4) is 0 Å². The molecule has 0 spiro atoms. The fraction of sp³-hybridized carbons (Fsp3) is 0.583. The smallest absolute Gasteiger partial charge is 0.124 e. The van der Waals surface area contributed by atoms with Crippen molar-refractivity contribution in [3.8, 4) is 0 Å². The maximum absolute atomic E-state index is 4.80. The standard InChI is InChI=1S/C12H17N5O/c1-2-10(7-13-4-1)6-12-9-17(16-14-12)8-11-3-5-18-15-11/h3,5,9-10,13H,1-2,4,6-8H2. The van der Waals surface area contributed by atoms with Gasteiger partial charge in [0.25, 0.3) is 0 Å². The molecule has 0 saturated carbocycles. The molecule has 0 radical (unpaired) electrons. The van der Waals surface area contributed by atoms with E-state index in [0.717, 1.165) is 30.9 Å². The highest BCUT2D eigenvalue weighted by Crippen LogP contribution is 2.14. The largest absolute Gasteiger partial charge is 0.364 e. The van der Waals surface area contributed by atoms with Crippen molar-refractivity contribution >= 4 is 0 Å². The average Bonchev–Trinajstić information content (AvgIpc) is 3.03. The first-order valence-corrected chi connectivity index (χ1v) is 6.39. The minimum absolute atomic E-state index is 0.617. The van der Waals surface area contributed by atoms with Crippen LogP contribution >= 0.6 is 0 Å². The summed E-state index contributed by atoms with van der Waals surface area (Å²) in [7, 11) is 0. The second-order valence-corrected chi connectivity index (χ2v) is 4.81. The lowest BCUT2D eigenvalue weighted by atomic mass is 9.95. The second kappa shape index (κ2) is 5.30.